The molecule has 0 aliphatic rings. The molecule has 0 unspecified atom stereocenters. The highest BCUT2D eigenvalue weighted by atomic mass is 35.5. The van der Waals surface area contributed by atoms with Crippen LogP contribution in [-0.2, 0) is 0 Å². The van der Waals surface area contributed by atoms with Crippen molar-refractivity contribution in [1.82, 2.24) is 5.32 Å². The zero-order chi connectivity index (χ0) is 11.8. The standard InChI is InChI=1S/C12H13Cl2NO/c1-2-15-7-3-4-8-16-10-5-6-11(13)12(14)9-10/h5-6,9,15H,2,7-8H2,1H3. The molecule has 86 valence electrons. The quantitative estimate of drug-likeness (QED) is 0.662. The van der Waals surface area contributed by atoms with Gasteiger partial charge in [0.1, 0.15) is 12.4 Å². The zero-order valence-electron chi connectivity index (χ0n) is 9.02. The third kappa shape index (κ3) is 4.76. The van der Waals surface area contributed by atoms with Crippen molar-refractivity contribution in [2.75, 3.05) is 19.7 Å². The van der Waals surface area contributed by atoms with E-state index in [0.29, 0.717) is 28.9 Å². The number of ether oxygens (including phenoxy) is 1. The smallest absolute Gasteiger partial charge is 0.149 e. The molecule has 1 rings (SSSR count). The fourth-order valence-corrected chi connectivity index (χ4v) is 1.28. The molecule has 0 radical (unpaired) electrons. The van der Waals surface area contributed by atoms with E-state index >= 15 is 0 Å². The van der Waals surface area contributed by atoms with Crippen molar-refractivity contribution in [2.45, 2.75) is 6.92 Å². The van der Waals surface area contributed by atoms with Gasteiger partial charge in [-0.05, 0) is 18.7 Å². The van der Waals surface area contributed by atoms with Gasteiger partial charge < -0.3 is 10.1 Å². The molecule has 0 atom stereocenters. The Hall–Kier alpha value is -0.880. The summed E-state index contributed by atoms with van der Waals surface area (Å²) in [4.78, 5) is 0. The zero-order valence-corrected chi connectivity index (χ0v) is 10.5. The molecule has 0 aliphatic heterocycles. The van der Waals surface area contributed by atoms with Crippen LogP contribution in [0.2, 0.25) is 10.0 Å². The molecular formula is C12H13Cl2NO. The lowest BCUT2D eigenvalue weighted by molar-refractivity contribution is 0.370. The van der Waals surface area contributed by atoms with Gasteiger partial charge in [-0.2, -0.15) is 0 Å². The molecule has 4 heteroatoms. The summed E-state index contributed by atoms with van der Waals surface area (Å²) >= 11 is 11.6. The van der Waals surface area contributed by atoms with E-state index in [1.54, 1.807) is 18.2 Å². The molecule has 1 aromatic rings. The molecule has 2 nitrogen and oxygen atoms in total. The van der Waals surface area contributed by atoms with E-state index in [4.69, 9.17) is 27.9 Å². The summed E-state index contributed by atoms with van der Waals surface area (Å²) in [6, 6.07) is 5.14. The van der Waals surface area contributed by atoms with Crippen molar-refractivity contribution in [1.29, 1.82) is 0 Å². The number of rotatable bonds is 4. The minimum Gasteiger partial charge on any atom is -0.481 e. The second kappa shape index (κ2) is 7.40. The van der Waals surface area contributed by atoms with Gasteiger partial charge in [0.15, 0.2) is 0 Å². The van der Waals surface area contributed by atoms with Crippen LogP contribution >= 0.6 is 23.2 Å². The first-order valence-corrected chi connectivity index (χ1v) is 5.74. The van der Waals surface area contributed by atoms with Gasteiger partial charge in [0.2, 0.25) is 0 Å². The third-order valence-electron chi connectivity index (χ3n) is 1.79. The highest BCUT2D eigenvalue weighted by Crippen LogP contribution is 2.26. The Morgan fingerprint density at radius 1 is 1.25 bits per heavy atom. The fraction of sp³-hybridized carbons (Fsp3) is 0.333. The molecule has 0 saturated carbocycles. The molecule has 0 aromatic heterocycles. The molecule has 0 heterocycles. The molecule has 0 aliphatic carbocycles. The number of benzene rings is 1. The Labute approximate surface area is 106 Å². The number of nitrogens with one attached hydrogen (secondary N) is 1. The lowest BCUT2D eigenvalue weighted by Gasteiger charge is -2.02. The predicted octanol–water partition coefficient (Wildman–Crippen LogP) is 2.99. The lowest BCUT2D eigenvalue weighted by atomic mass is 10.3. The van der Waals surface area contributed by atoms with E-state index in [1.165, 1.54) is 0 Å². The summed E-state index contributed by atoms with van der Waals surface area (Å²) in [5.41, 5.74) is 0. The fourth-order valence-electron chi connectivity index (χ4n) is 0.987. The van der Waals surface area contributed by atoms with Crippen LogP contribution < -0.4 is 10.1 Å². The normalized spacial score (nSPS) is 9.44. The first kappa shape index (κ1) is 13.2. The van der Waals surface area contributed by atoms with Crippen LogP contribution in [0.5, 0.6) is 5.75 Å². The first-order valence-electron chi connectivity index (χ1n) is 4.98. The van der Waals surface area contributed by atoms with Crippen LogP contribution in [0.25, 0.3) is 0 Å². The van der Waals surface area contributed by atoms with E-state index in [2.05, 4.69) is 17.2 Å². The number of hydrogen-bond donors (Lipinski definition) is 1. The van der Waals surface area contributed by atoms with Crippen molar-refractivity contribution >= 4 is 23.2 Å². The van der Waals surface area contributed by atoms with Gasteiger partial charge in [0.25, 0.3) is 0 Å². The van der Waals surface area contributed by atoms with Crippen molar-refractivity contribution in [3.05, 3.63) is 28.2 Å². The second-order valence-corrected chi connectivity index (χ2v) is 3.81. The van der Waals surface area contributed by atoms with Crippen LogP contribution in [0.15, 0.2) is 18.2 Å². The van der Waals surface area contributed by atoms with Gasteiger partial charge in [0.05, 0.1) is 16.6 Å². The SMILES string of the molecule is CCNCC#CCOc1ccc(Cl)c(Cl)c1. The molecule has 16 heavy (non-hydrogen) atoms. The minimum atomic E-state index is 0.351. The van der Waals surface area contributed by atoms with E-state index in [-0.39, 0.29) is 0 Å². The highest BCUT2D eigenvalue weighted by molar-refractivity contribution is 6.42. The van der Waals surface area contributed by atoms with Gasteiger partial charge in [-0.3, -0.25) is 0 Å². The van der Waals surface area contributed by atoms with E-state index < -0.39 is 0 Å². The molecular weight excluding hydrogens is 245 g/mol. The van der Waals surface area contributed by atoms with Gasteiger partial charge in [-0.25, -0.2) is 0 Å². The van der Waals surface area contributed by atoms with Gasteiger partial charge in [-0.15, -0.1) is 0 Å². The summed E-state index contributed by atoms with van der Waals surface area (Å²) in [6.07, 6.45) is 0. The van der Waals surface area contributed by atoms with E-state index in [0.717, 1.165) is 6.54 Å². The van der Waals surface area contributed by atoms with Gasteiger partial charge in [-0.1, -0.05) is 42.0 Å². The Balaban J connectivity index is 2.36. The summed E-state index contributed by atoms with van der Waals surface area (Å²) in [7, 11) is 0. The van der Waals surface area contributed by atoms with Crippen molar-refractivity contribution in [2.24, 2.45) is 0 Å². The molecule has 0 spiro atoms. The highest BCUT2D eigenvalue weighted by Gasteiger charge is 1.98. The molecule has 0 fully saturated rings. The van der Waals surface area contributed by atoms with Crippen molar-refractivity contribution < 1.29 is 4.74 Å². The van der Waals surface area contributed by atoms with Crippen LogP contribution in [-0.4, -0.2) is 19.7 Å². The first-order chi connectivity index (χ1) is 7.74. The average molecular weight is 258 g/mol. The van der Waals surface area contributed by atoms with Gasteiger partial charge in [0, 0.05) is 6.07 Å². The Morgan fingerprint density at radius 2 is 2.06 bits per heavy atom. The van der Waals surface area contributed by atoms with E-state index in [1.807, 2.05) is 6.92 Å². The lowest BCUT2D eigenvalue weighted by Crippen LogP contribution is -2.12. The Kier molecular flexibility index (Phi) is 6.10. The Morgan fingerprint density at radius 3 is 2.75 bits per heavy atom. The summed E-state index contributed by atoms with van der Waals surface area (Å²) in [5.74, 6) is 6.50. The van der Waals surface area contributed by atoms with Gasteiger partial charge >= 0.3 is 0 Å². The second-order valence-electron chi connectivity index (χ2n) is 3.00. The maximum atomic E-state index is 5.84. The third-order valence-corrected chi connectivity index (χ3v) is 2.53. The van der Waals surface area contributed by atoms with Crippen LogP contribution in [0.4, 0.5) is 0 Å². The predicted molar refractivity (Wildman–Crippen MR) is 68.3 cm³/mol. The number of hydrogen-bond acceptors (Lipinski definition) is 2. The number of halogens is 2. The molecule has 0 saturated heterocycles. The van der Waals surface area contributed by atoms with Crippen LogP contribution in [0.1, 0.15) is 6.92 Å². The molecule has 1 N–H and O–H groups in total. The topological polar surface area (TPSA) is 21.3 Å². The largest absolute Gasteiger partial charge is 0.481 e. The molecule has 0 bridgehead atoms. The Bertz CT molecular complexity index is 396. The maximum absolute atomic E-state index is 5.84. The average Bonchev–Trinajstić information content (AvgIpc) is 2.28. The summed E-state index contributed by atoms with van der Waals surface area (Å²) in [5, 5.41) is 4.10. The summed E-state index contributed by atoms with van der Waals surface area (Å²) in [6.45, 7) is 3.99. The van der Waals surface area contributed by atoms with Crippen molar-refractivity contribution in [3.63, 3.8) is 0 Å². The molecule has 0 amide bonds. The maximum Gasteiger partial charge on any atom is 0.149 e. The van der Waals surface area contributed by atoms with Crippen LogP contribution in [0, 0.1) is 11.8 Å². The van der Waals surface area contributed by atoms with Crippen molar-refractivity contribution in [3.8, 4) is 17.6 Å². The summed E-state index contributed by atoms with van der Waals surface area (Å²) < 4.78 is 5.38. The molecule has 1 aromatic carbocycles. The van der Waals surface area contributed by atoms with E-state index in [9.17, 15) is 0 Å². The monoisotopic (exact) mass is 257 g/mol. The minimum absolute atomic E-state index is 0.351. The van der Waals surface area contributed by atoms with Crippen LogP contribution in [0.3, 0.4) is 0 Å².